The molecule has 0 aliphatic rings. The molecule has 2 aromatic heterocycles. The first-order chi connectivity index (χ1) is 13.5. The Morgan fingerprint density at radius 1 is 1.18 bits per heavy atom. The fraction of sp³-hybridized carbons (Fsp3) is 0.200. The van der Waals surface area contributed by atoms with Crippen LogP contribution >= 0.6 is 11.3 Å². The van der Waals surface area contributed by atoms with E-state index in [1.54, 1.807) is 11.4 Å². The molecule has 144 valence electrons. The lowest BCUT2D eigenvalue weighted by molar-refractivity contribution is -0.121. The minimum atomic E-state index is -0.515. The van der Waals surface area contributed by atoms with Crippen LogP contribution in [0.4, 0.5) is 5.13 Å². The minimum absolute atomic E-state index is 0.0229. The average Bonchev–Trinajstić information content (AvgIpc) is 3.13. The quantitative estimate of drug-likeness (QED) is 0.571. The fourth-order valence-corrected chi connectivity index (χ4v) is 3.22. The van der Waals surface area contributed by atoms with Crippen LogP contribution < -0.4 is 16.2 Å². The molecule has 0 saturated heterocycles. The fourth-order valence-electron chi connectivity index (χ4n) is 2.48. The van der Waals surface area contributed by atoms with Crippen LogP contribution in [0.3, 0.4) is 0 Å². The smallest absolute Gasteiger partial charge is 0.263 e. The normalized spacial score (nSPS) is 10.5. The van der Waals surface area contributed by atoms with Gasteiger partial charge in [-0.25, -0.2) is 4.98 Å². The second kappa shape index (κ2) is 9.09. The van der Waals surface area contributed by atoms with Crippen molar-refractivity contribution in [2.45, 2.75) is 26.3 Å². The van der Waals surface area contributed by atoms with Crippen LogP contribution in [-0.2, 0) is 17.8 Å². The van der Waals surface area contributed by atoms with E-state index >= 15 is 0 Å². The topological polar surface area (TPSA) is 104 Å². The van der Waals surface area contributed by atoms with E-state index in [1.807, 2.05) is 31.2 Å². The van der Waals surface area contributed by atoms with E-state index in [1.165, 1.54) is 29.2 Å². The van der Waals surface area contributed by atoms with Crippen LogP contribution in [-0.4, -0.2) is 21.8 Å². The number of H-pyrrole nitrogens is 1. The van der Waals surface area contributed by atoms with Gasteiger partial charge in [0, 0.05) is 24.5 Å². The highest BCUT2D eigenvalue weighted by molar-refractivity contribution is 7.14. The number of rotatable bonds is 7. The van der Waals surface area contributed by atoms with Crippen molar-refractivity contribution >= 4 is 28.3 Å². The standard InChI is InChI=1S/C20H20N4O3S/c1-13-4-6-14(7-5-13)11-22-17(25)9-8-15-12-28-20(23-15)24-19(27)16-3-2-10-21-18(16)26/h2-7,10,12H,8-9,11H2,1H3,(H,21,26)(H,22,25)(H,23,24,27). The number of carbonyl (C=O) groups is 2. The van der Waals surface area contributed by atoms with E-state index in [0.717, 1.165) is 5.56 Å². The molecule has 0 atom stereocenters. The summed E-state index contributed by atoms with van der Waals surface area (Å²) >= 11 is 1.25. The van der Waals surface area contributed by atoms with Crippen molar-refractivity contribution in [1.82, 2.24) is 15.3 Å². The number of aryl methyl sites for hydroxylation is 2. The first kappa shape index (κ1) is 19.5. The summed E-state index contributed by atoms with van der Waals surface area (Å²) in [6, 6.07) is 11.0. The van der Waals surface area contributed by atoms with Gasteiger partial charge in [0.25, 0.3) is 11.5 Å². The zero-order valence-corrected chi connectivity index (χ0v) is 16.1. The molecule has 3 N–H and O–H groups in total. The molecule has 2 heterocycles. The molecule has 8 heteroatoms. The SMILES string of the molecule is Cc1ccc(CNC(=O)CCc2csc(NC(=O)c3ccc[nH]c3=O)n2)cc1. The lowest BCUT2D eigenvalue weighted by Crippen LogP contribution is -2.23. The van der Waals surface area contributed by atoms with Gasteiger partial charge in [0.05, 0.1) is 5.69 Å². The number of aromatic amines is 1. The van der Waals surface area contributed by atoms with Gasteiger partial charge in [-0.05, 0) is 31.0 Å². The number of amides is 2. The lowest BCUT2D eigenvalue weighted by Gasteiger charge is -2.05. The molecule has 0 saturated carbocycles. The van der Waals surface area contributed by atoms with Crippen molar-refractivity contribution in [3.63, 3.8) is 0 Å². The molecular formula is C20H20N4O3S. The molecule has 0 aliphatic heterocycles. The Kier molecular flexibility index (Phi) is 6.33. The van der Waals surface area contributed by atoms with Crippen LogP contribution in [0.25, 0.3) is 0 Å². The zero-order valence-electron chi connectivity index (χ0n) is 15.3. The molecule has 28 heavy (non-hydrogen) atoms. The summed E-state index contributed by atoms with van der Waals surface area (Å²) in [5.74, 6) is -0.575. The van der Waals surface area contributed by atoms with Crippen LogP contribution in [0.5, 0.6) is 0 Å². The molecule has 0 unspecified atom stereocenters. The van der Waals surface area contributed by atoms with Gasteiger partial charge in [0.15, 0.2) is 5.13 Å². The highest BCUT2D eigenvalue weighted by Crippen LogP contribution is 2.17. The summed E-state index contributed by atoms with van der Waals surface area (Å²) in [4.78, 5) is 42.5. The molecule has 7 nitrogen and oxygen atoms in total. The number of anilines is 1. The highest BCUT2D eigenvalue weighted by Gasteiger charge is 2.12. The molecule has 1 aromatic carbocycles. The second-order valence-electron chi connectivity index (χ2n) is 6.27. The third-order valence-electron chi connectivity index (χ3n) is 4.05. The van der Waals surface area contributed by atoms with Gasteiger partial charge in [-0.3, -0.25) is 19.7 Å². The van der Waals surface area contributed by atoms with Crippen LogP contribution in [0.15, 0.2) is 52.8 Å². The predicted octanol–water partition coefficient (Wildman–Crippen LogP) is 2.64. The first-order valence-electron chi connectivity index (χ1n) is 8.77. The van der Waals surface area contributed by atoms with E-state index in [-0.39, 0.29) is 11.5 Å². The van der Waals surface area contributed by atoms with E-state index in [2.05, 4.69) is 20.6 Å². The Morgan fingerprint density at radius 2 is 1.96 bits per heavy atom. The molecule has 0 spiro atoms. The Morgan fingerprint density at radius 3 is 2.71 bits per heavy atom. The maximum absolute atomic E-state index is 12.1. The van der Waals surface area contributed by atoms with E-state index < -0.39 is 11.5 Å². The monoisotopic (exact) mass is 396 g/mol. The third-order valence-corrected chi connectivity index (χ3v) is 4.86. The Bertz CT molecular complexity index is 1020. The molecule has 0 aliphatic carbocycles. The molecule has 0 radical (unpaired) electrons. The minimum Gasteiger partial charge on any atom is -0.352 e. The number of carbonyl (C=O) groups excluding carboxylic acids is 2. The van der Waals surface area contributed by atoms with Gasteiger partial charge < -0.3 is 10.3 Å². The number of nitrogens with zero attached hydrogens (tertiary/aromatic N) is 1. The number of aromatic nitrogens is 2. The molecule has 0 fully saturated rings. The van der Waals surface area contributed by atoms with Crippen molar-refractivity contribution in [2.24, 2.45) is 0 Å². The number of hydrogen-bond acceptors (Lipinski definition) is 5. The highest BCUT2D eigenvalue weighted by atomic mass is 32.1. The van der Waals surface area contributed by atoms with Crippen LogP contribution in [0, 0.1) is 6.92 Å². The average molecular weight is 396 g/mol. The summed E-state index contributed by atoms with van der Waals surface area (Å²) in [5, 5.41) is 7.67. The lowest BCUT2D eigenvalue weighted by atomic mass is 10.1. The van der Waals surface area contributed by atoms with E-state index in [9.17, 15) is 14.4 Å². The van der Waals surface area contributed by atoms with Crippen molar-refractivity contribution in [3.05, 3.63) is 80.7 Å². The number of nitrogens with one attached hydrogen (secondary N) is 3. The summed E-state index contributed by atoms with van der Waals surface area (Å²) < 4.78 is 0. The van der Waals surface area contributed by atoms with Crippen molar-refractivity contribution < 1.29 is 9.59 Å². The maximum Gasteiger partial charge on any atom is 0.263 e. The number of thiazole rings is 1. The van der Waals surface area contributed by atoms with Gasteiger partial charge in [-0.1, -0.05) is 29.8 Å². The molecule has 3 rings (SSSR count). The predicted molar refractivity (Wildman–Crippen MR) is 108 cm³/mol. The van der Waals surface area contributed by atoms with Gasteiger partial charge in [-0.15, -0.1) is 11.3 Å². The van der Waals surface area contributed by atoms with Gasteiger partial charge >= 0.3 is 0 Å². The van der Waals surface area contributed by atoms with Gasteiger partial charge in [0.2, 0.25) is 5.91 Å². The molecule has 3 aromatic rings. The summed E-state index contributed by atoms with van der Waals surface area (Å²) in [7, 11) is 0. The molecule has 0 bridgehead atoms. The largest absolute Gasteiger partial charge is 0.352 e. The number of benzene rings is 1. The van der Waals surface area contributed by atoms with Gasteiger partial charge in [-0.2, -0.15) is 0 Å². The summed E-state index contributed by atoms with van der Waals surface area (Å²) in [6.07, 6.45) is 2.24. The maximum atomic E-state index is 12.1. The number of hydrogen-bond donors (Lipinski definition) is 3. The van der Waals surface area contributed by atoms with Crippen molar-refractivity contribution in [3.8, 4) is 0 Å². The van der Waals surface area contributed by atoms with Crippen molar-refractivity contribution in [1.29, 1.82) is 0 Å². The van der Waals surface area contributed by atoms with E-state index in [4.69, 9.17) is 0 Å². The zero-order chi connectivity index (χ0) is 19.9. The second-order valence-corrected chi connectivity index (χ2v) is 7.13. The molecular weight excluding hydrogens is 376 g/mol. The Hall–Kier alpha value is -3.26. The Labute approximate surface area is 165 Å². The third kappa shape index (κ3) is 5.37. The van der Waals surface area contributed by atoms with Crippen molar-refractivity contribution in [2.75, 3.05) is 5.32 Å². The number of pyridine rings is 1. The van der Waals surface area contributed by atoms with Gasteiger partial charge in [0.1, 0.15) is 5.56 Å². The first-order valence-corrected chi connectivity index (χ1v) is 9.65. The van der Waals surface area contributed by atoms with E-state index in [0.29, 0.717) is 30.2 Å². The van der Waals surface area contributed by atoms with Crippen LogP contribution in [0.1, 0.15) is 33.6 Å². The summed E-state index contributed by atoms with van der Waals surface area (Å²) in [6.45, 7) is 2.51. The van der Waals surface area contributed by atoms with Crippen LogP contribution in [0.2, 0.25) is 0 Å². The molecule has 2 amide bonds. The summed E-state index contributed by atoms with van der Waals surface area (Å²) in [5.41, 5.74) is 2.51. The Balaban J connectivity index is 1.47.